The molecular formula is C10H18N4. The van der Waals surface area contributed by atoms with Crippen molar-refractivity contribution in [3.8, 4) is 0 Å². The monoisotopic (exact) mass is 194 g/mol. The Balaban J connectivity index is 1.90. The molecule has 1 aliphatic rings. The molecular weight excluding hydrogens is 176 g/mol. The fraction of sp³-hybridized carbons (Fsp3) is 0.800. The van der Waals surface area contributed by atoms with Crippen LogP contribution >= 0.6 is 0 Å². The van der Waals surface area contributed by atoms with Gasteiger partial charge in [0.15, 0.2) is 0 Å². The molecule has 1 aromatic heterocycles. The summed E-state index contributed by atoms with van der Waals surface area (Å²) in [6.07, 6.45) is 6.38. The number of rotatable bonds is 4. The molecule has 0 aromatic carbocycles. The van der Waals surface area contributed by atoms with Crippen LogP contribution in [-0.4, -0.2) is 20.5 Å². The van der Waals surface area contributed by atoms with Crippen molar-refractivity contribution in [2.24, 2.45) is 5.73 Å². The normalized spacial score (nSPS) is 18.9. The molecule has 0 radical (unpaired) electrons. The Hall–Kier alpha value is -0.900. The highest BCUT2D eigenvalue weighted by molar-refractivity contribution is 5.03. The Morgan fingerprint density at radius 3 is 2.79 bits per heavy atom. The zero-order valence-corrected chi connectivity index (χ0v) is 8.90. The maximum Gasteiger partial charge on any atom is 0.0827 e. The third kappa shape index (κ3) is 2.12. The number of aryl methyl sites for hydroxylation is 1. The summed E-state index contributed by atoms with van der Waals surface area (Å²) in [6, 6.07) is 0.393. The zero-order chi connectivity index (χ0) is 10.2. The first-order valence-corrected chi connectivity index (χ1v) is 5.29. The van der Waals surface area contributed by atoms with E-state index in [1.54, 1.807) is 0 Å². The summed E-state index contributed by atoms with van der Waals surface area (Å²) in [5.41, 5.74) is 7.20. The maximum absolute atomic E-state index is 6.01. The third-order valence-electron chi connectivity index (χ3n) is 2.86. The average Bonchev–Trinajstić information content (AvgIpc) is 2.68. The highest BCUT2D eigenvalue weighted by Gasteiger charge is 2.37. The summed E-state index contributed by atoms with van der Waals surface area (Å²) in [5, 5.41) is 8.19. The predicted octanol–water partition coefficient (Wildman–Crippen LogP) is 1.28. The summed E-state index contributed by atoms with van der Waals surface area (Å²) in [7, 11) is 0. The van der Waals surface area contributed by atoms with Crippen LogP contribution in [0.1, 0.15) is 44.8 Å². The molecule has 2 N–H and O–H groups in total. The van der Waals surface area contributed by atoms with E-state index in [9.17, 15) is 0 Å². The fourth-order valence-electron chi connectivity index (χ4n) is 1.47. The van der Waals surface area contributed by atoms with E-state index >= 15 is 0 Å². The van der Waals surface area contributed by atoms with Crippen LogP contribution in [0.4, 0.5) is 0 Å². The number of nitrogens with zero attached hydrogens (tertiary/aromatic N) is 3. The van der Waals surface area contributed by atoms with Crippen molar-refractivity contribution in [3.05, 3.63) is 11.9 Å². The first kappa shape index (κ1) is 9.65. The molecule has 1 saturated carbocycles. The number of aromatic nitrogens is 3. The minimum atomic E-state index is 0.127. The number of hydrogen-bond donors (Lipinski definition) is 1. The second-order valence-electron chi connectivity index (χ2n) is 4.65. The van der Waals surface area contributed by atoms with E-state index in [-0.39, 0.29) is 5.54 Å². The molecule has 0 amide bonds. The van der Waals surface area contributed by atoms with Gasteiger partial charge in [-0.05, 0) is 39.5 Å². The van der Waals surface area contributed by atoms with E-state index in [0.29, 0.717) is 6.04 Å². The van der Waals surface area contributed by atoms with Gasteiger partial charge < -0.3 is 5.73 Å². The van der Waals surface area contributed by atoms with Crippen molar-refractivity contribution in [2.75, 3.05) is 0 Å². The van der Waals surface area contributed by atoms with Crippen LogP contribution in [0.3, 0.4) is 0 Å². The minimum Gasteiger partial charge on any atom is -0.325 e. The second-order valence-corrected chi connectivity index (χ2v) is 4.65. The SMILES string of the molecule is CC(C)n1cc(CCC2(N)CC2)nn1. The Bertz CT molecular complexity index is 312. The lowest BCUT2D eigenvalue weighted by molar-refractivity contribution is 0.514. The van der Waals surface area contributed by atoms with Crippen LogP contribution in [-0.2, 0) is 6.42 Å². The van der Waals surface area contributed by atoms with Gasteiger partial charge in [-0.25, -0.2) is 4.68 Å². The van der Waals surface area contributed by atoms with Gasteiger partial charge in [0.05, 0.1) is 5.69 Å². The smallest absolute Gasteiger partial charge is 0.0827 e. The van der Waals surface area contributed by atoms with Gasteiger partial charge in [-0.2, -0.15) is 0 Å². The molecule has 0 atom stereocenters. The molecule has 2 rings (SSSR count). The first-order chi connectivity index (χ1) is 6.59. The lowest BCUT2D eigenvalue weighted by atomic mass is 10.1. The van der Waals surface area contributed by atoms with Crippen molar-refractivity contribution < 1.29 is 0 Å². The molecule has 0 spiro atoms. The summed E-state index contributed by atoms with van der Waals surface area (Å²) < 4.78 is 1.89. The molecule has 4 heteroatoms. The first-order valence-electron chi connectivity index (χ1n) is 5.29. The van der Waals surface area contributed by atoms with Crippen LogP contribution in [0.25, 0.3) is 0 Å². The van der Waals surface area contributed by atoms with Gasteiger partial charge in [0.1, 0.15) is 0 Å². The molecule has 1 aliphatic carbocycles. The molecule has 0 saturated heterocycles. The van der Waals surface area contributed by atoms with Gasteiger partial charge >= 0.3 is 0 Å². The van der Waals surface area contributed by atoms with Crippen molar-refractivity contribution >= 4 is 0 Å². The van der Waals surface area contributed by atoms with Gasteiger partial charge in [-0.3, -0.25) is 0 Å². The van der Waals surface area contributed by atoms with Gasteiger partial charge in [-0.1, -0.05) is 5.21 Å². The zero-order valence-electron chi connectivity index (χ0n) is 8.90. The van der Waals surface area contributed by atoms with Crippen LogP contribution < -0.4 is 5.73 Å². The largest absolute Gasteiger partial charge is 0.325 e. The van der Waals surface area contributed by atoms with Gasteiger partial charge in [0, 0.05) is 17.8 Å². The van der Waals surface area contributed by atoms with Crippen molar-refractivity contribution in [2.45, 2.75) is 51.1 Å². The van der Waals surface area contributed by atoms with Crippen molar-refractivity contribution in [1.82, 2.24) is 15.0 Å². The highest BCUT2D eigenvalue weighted by atomic mass is 15.4. The Morgan fingerprint density at radius 2 is 2.29 bits per heavy atom. The lowest BCUT2D eigenvalue weighted by Crippen LogP contribution is -2.22. The molecule has 0 bridgehead atoms. The molecule has 78 valence electrons. The number of nitrogens with two attached hydrogens (primary N) is 1. The van der Waals surface area contributed by atoms with Crippen LogP contribution in [0.5, 0.6) is 0 Å². The Morgan fingerprint density at radius 1 is 1.57 bits per heavy atom. The van der Waals surface area contributed by atoms with E-state index in [4.69, 9.17) is 5.73 Å². The maximum atomic E-state index is 6.01. The average molecular weight is 194 g/mol. The Labute approximate surface area is 84.5 Å². The summed E-state index contributed by atoms with van der Waals surface area (Å²) in [5.74, 6) is 0. The van der Waals surface area contributed by atoms with E-state index in [1.165, 1.54) is 12.8 Å². The third-order valence-corrected chi connectivity index (χ3v) is 2.86. The van der Waals surface area contributed by atoms with E-state index < -0.39 is 0 Å². The molecule has 14 heavy (non-hydrogen) atoms. The minimum absolute atomic E-state index is 0.127. The molecule has 0 aliphatic heterocycles. The highest BCUT2D eigenvalue weighted by Crippen LogP contribution is 2.36. The predicted molar refractivity (Wildman–Crippen MR) is 54.9 cm³/mol. The van der Waals surface area contributed by atoms with E-state index in [1.807, 2.05) is 10.9 Å². The Kier molecular flexibility index (Phi) is 2.31. The van der Waals surface area contributed by atoms with Crippen molar-refractivity contribution in [3.63, 3.8) is 0 Å². The standard InChI is InChI=1S/C10H18N4/c1-8(2)14-7-9(12-13-14)3-4-10(11)5-6-10/h7-8H,3-6,11H2,1-2H3. The molecule has 0 unspecified atom stereocenters. The van der Waals surface area contributed by atoms with Gasteiger partial charge in [-0.15, -0.1) is 5.10 Å². The summed E-state index contributed by atoms with van der Waals surface area (Å²) >= 11 is 0. The topological polar surface area (TPSA) is 56.7 Å². The fourth-order valence-corrected chi connectivity index (χ4v) is 1.47. The van der Waals surface area contributed by atoms with Crippen LogP contribution in [0.2, 0.25) is 0 Å². The quantitative estimate of drug-likeness (QED) is 0.785. The van der Waals surface area contributed by atoms with Crippen LogP contribution in [0, 0.1) is 0 Å². The second kappa shape index (κ2) is 3.35. The van der Waals surface area contributed by atoms with Gasteiger partial charge in [0.2, 0.25) is 0 Å². The summed E-state index contributed by atoms with van der Waals surface area (Å²) in [6.45, 7) is 4.20. The van der Waals surface area contributed by atoms with Crippen LogP contribution in [0.15, 0.2) is 6.20 Å². The summed E-state index contributed by atoms with van der Waals surface area (Å²) in [4.78, 5) is 0. The molecule has 1 fully saturated rings. The van der Waals surface area contributed by atoms with Gasteiger partial charge in [0.25, 0.3) is 0 Å². The van der Waals surface area contributed by atoms with E-state index in [0.717, 1.165) is 18.5 Å². The van der Waals surface area contributed by atoms with E-state index in [2.05, 4.69) is 24.2 Å². The van der Waals surface area contributed by atoms with Crippen molar-refractivity contribution in [1.29, 1.82) is 0 Å². The number of hydrogen-bond acceptors (Lipinski definition) is 3. The lowest BCUT2D eigenvalue weighted by Gasteiger charge is -2.05. The molecule has 1 aromatic rings. The molecule has 4 nitrogen and oxygen atoms in total. The molecule has 1 heterocycles.